The molecule has 0 saturated heterocycles. The van der Waals surface area contributed by atoms with Crippen molar-refractivity contribution in [3.8, 4) is 0 Å². The van der Waals surface area contributed by atoms with Gasteiger partial charge in [-0.1, -0.05) is 196 Å². The van der Waals surface area contributed by atoms with E-state index in [9.17, 15) is 14.4 Å². The van der Waals surface area contributed by atoms with Gasteiger partial charge in [-0.3, -0.25) is 14.4 Å². The van der Waals surface area contributed by atoms with Crippen LogP contribution in [0.5, 0.6) is 0 Å². The zero-order chi connectivity index (χ0) is 43.7. The lowest BCUT2D eigenvalue weighted by Crippen LogP contribution is -2.30. The third kappa shape index (κ3) is 45.7. The minimum absolute atomic E-state index is 0.116. The van der Waals surface area contributed by atoms with Gasteiger partial charge >= 0.3 is 17.9 Å². The van der Waals surface area contributed by atoms with Gasteiger partial charge < -0.3 is 14.2 Å². The van der Waals surface area contributed by atoms with Gasteiger partial charge in [-0.2, -0.15) is 0 Å². The van der Waals surface area contributed by atoms with Gasteiger partial charge in [0.1, 0.15) is 13.2 Å². The molecule has 0 bridgehead atoms. The van der Waals surface area contributed by atoms with E-state index in [1.807, 2.05) is 6.08 Å². The molecule has 0 radical (unpaired) electrons. The Labute approximate surface area is 369 Å². The Morgan fingerprint density at radius 3 is 1.18 bits per heavy atom. The number of rotatable bonds is 43. The van der Waals surface area contributed by atoms with Gasteiger partial charge in [-0.15, -0.1) is 0 Å². The monoisotopic (exact) mass is 835 g/mol. The predicted octanol–water partition coefficient (Wildman–Crippen LogP) is 16.0. The summed E-state index contributed by atoms with van der Waals surface area (Å²) < 4.78 is 16.6. The van der Waals surface area contributed by atoms with Crippen molar-refractivity contribution in [3.05, 3.63) is 85.1 Å². The van der Waals surface area contributed by atoms with E-state index in [1.165, 1.54) is 89.9 Å². The molecule has 0 aromatic rings. The molecule has 0 aromatic carbocycles. The second-order valence-corrected chi connectivity index (χ2v) is 16.0. The van der Waals surface area contributed by atoms with Crippen LogP contribution in [-0.2, 0) is 28.6 Å². The second kappa shape index (κ2) is 48.3. The van der Waals surface area contributed by atoms with E-state index in [4.69, 9.17) is 14.2 Å². The Hall–Kier alpha value is -3.41. The van der Waals surface area contributed by atoms with Crippen molar-refractivity contribution >= 4 is 17.9 Å². The minimum Gasteiger partial charge on any atom is -0.462 e. The summed E-state index contributed by atoms with van der Waals surface area (Å²) in [6.45, 7) is 6.28. The van der Waals surface area contributed by atoms with Crippen LogP contribution in [0, 0.1) is 0 Å². The summed E-state index contributed by atoms with van der Waals surface area (Å²) in [6.07, 6.45) is 61.8. The SMILES string of the molecule is CC/C=C\C/C=C\C/C=C\CCCCCCC(=O)OC(COC(=O)C/C=C\C/C=C\C/C=C\CC)COC(=O)CCCCCCCCC/C=C\CCCCCCCCCC. The molecule has 0 amide bonds. The van der Waals surface area contributed by atoms with E-state index in [0.29, 0.717) is 6.42 Å². The topological polar surface area (TPSA) is 78.9 Å². The number of ether oxygens (including phenoxy) is 3. The fourth-order valence-electron chi connectivity index (χ4n) is 6.51. The van der Waals surface area contributed by atoms with Crippen molar-refractivity contribution in [1.29, 1.82) is 0 Å². The fraction of sp³-hybridized carbons (Fsp3) is 0.685. The zero-order valence-corrected chi connectivity index (χ0v) is 38.9. The number of unbranched alkanes of at least 4 members (excludes halogenated alkanes) is 19. The third-order valence-electron chi connectivity index (χ3n) is 10.1. The van der Waals surface area contributed by atoms with Crippen LogP contribution in [0.15, 0.2) is 85.1 Å². The van der Waals surface area contributed by atoms with Crippen molar-refractivity contribution < 1.29 is 28.6 Å². The Morgan fingerprint density at radius 2 is 0.717 bits per heavy atom. The molecule has 0 aliphatic carbocycles. The molecule has 0 aromatic heterocycles. The highest BCUT2D eigenvalue weighted by Gasteiger charge is 2.19. The molecule has 342 valence electrons. The quantitative estimate of drug-likeness (QED) is 0.0263. The summed E-state index contributed by atoms with van der Waals surface area (Å²) in [5, 5.41) is 0. The van der Waals surface area contributed by atoms with E-state index in [1.54, 1.807) is 6.08 Å². The highest BCUT2D eigenvalue weighted by Crippen LogP contribution is 2.13. The maximum Gasteiger partial charge on any atom is 0.309 e. The molecular formula is C54H90O6. The first kappa shape index (κ1) is 56.6. The maximum absolute atomic E-state index is 12.7. The van der Waals surface area contributed by atoms with Crippen molar-refractivity contribution in [2.45, 2.75) is 226 Å². The summed E-state index contributed by atoms with van der Waals surface area (Å²) in [5.74, 6) is -1.08. The van der Waals surface area contributed by atoms with E-state index < -0.39 is 12.1 Å². The first-order valence-corrected chi connectivity index (χ1v) is 24.6. The lowest BCUT2D eigenvalue weighted by Gasteiger charge is -2.18. The Bertz CT molecular complexity index is 1190. The standard InChI is InChI=1S/C54H90O6/c1-4-7-10-13-16-19-21-23-25-26-27-28-29-31-32-35-38-41-44-47-53(56)59-50-51(49-58-52(55)46-43-40-37-34-18-15-12-9-6-3)60-54(57)48-45-42-39-36-33-30-24-22-20-17-14-11-8-5-2/h8-9,11-12,17-18,20,24,26-27,30,34,40,43,51H,4-7,10,13-16,19,21-23,25,28-29,31-33,35-39,41-42,44-50H2,1-3H3/b11-8-,12-9-,20-17-,27-26-,30-24-,34-18-,43-40-. The molecule has 1 atom stereocenters. The smallest absolute Gasteiger partial charge is 0.309 e. The van der Waals surface area contributed by atoms with Crippen LogP contribution in [0.3, 0.4) is 0 Å². The van der Waals surface area contributed by atoms with Gasteiger partial charge in [0, 0.05) is 12.8 Å². The summed E-state index contributed by atoms with van der Waals surface area (Å²) in [4.78, 5) is 37.7. The number of hydrogen-bond donors (Lipinski definition) is 0. The average molecular weight is 835 g/mol. The molecule has 0 heterocycles. The number of allylic oxidation sites excluding steroid dienone is 13. The zero-order valence-electron chi connectivity index (χ0n) is 38.9. The van der Waals surface area contributed by atoms with Gasteiger partial charge in [-0.25, -0.2) is 0 Å². The summed E-state index contributed by atoms with van der Waals surface area (Å²) in [7, 11) is 0. The lowest BCUT2D eigenvalue weighted by molar-refractivity contribution is -0.166. The molecule has 0 N–H and O–H groups in total. The molecule has 0 aliphatic rings. The van der Waals surface area contributed by atoms with Gasteiger partial charge in [0.25, 0.3) is 0 Å². The Balaban J connectivity index is 4.39. The molecule has 0 aliphatic heterocycles. The van der Waals surface area contributed by atoms with E-state index in [2.05, 4.69) is 93.7 Å². The molecular weight excluding hydrogens is 745 g/mol. The molecule has 60 heavy (non-hydrogen) atoms. The first-order chi connectivity index (χ1) is 29.5. The Morgan fingerprint density at radius 1 is 0.367 bits per heavy atom. The van der Waals surface area contributed by atoms with Crippen LogP contribution in [0.2, 0.25) is 0 Å². The van der Waals surface area contributed by atoms with E-state index >= 15 is 0 Å². The van der Waals surface area contributed by atoms with Crippen LogP contribution in [0.4, 0.5) is 0 Å². The number of carbonyl (C=O) groups excluding carboxylic acids is 3. The second-order valence-electron chi connectivity index (χ2n) is 16.0. The molecule has 1 unspecified atom stereocenters. The van der Waals surface area contributed by atoms with Crippen molar-refractivity contribution in [1.82, 2.24) is 0 Å². The molecule has 0 fully saturated rings. The number of hydrogen-bond acceptors (Lipinski definition) is 6. The van der Waals surface area contributed by atoms with Gasteiger partial charge in [0.15, 0.2) is 6.10 Å². The highest BCUT2D eigenvalue weighted by atomic mass is 16.6. The molecule has 0 saturated carbocycles. The molecule has 6 nitrogen and oxygen atoms in total. The number of carbonyl (C=O) groups is 3. The van der Waals surface area contributed by atoms with Crippen molar-refractivity contribution in [2.24, 2.45) is 0 Å². The van der Waals surface area contributed by atoms with Gasteiger partial charge in [0.05, 0.1) is 6.42 Å². The fourth-order valence-corrected chi connectivity index (χ4v) is 6.51. The van der Waals surface area contributed by atoms with Gasteiger partial charge in [0.2, 0.25) is 0 Å². The van der Waals surface area contributed by atoms with E-state index in [-0.39, 0.29) is 38.0 Å². The highest BCUT2D eigenvalue weighted by molar-refractivity contribution is 5.72. The van der Waals surface area contributed by atoms with Crippen LogP contribution < -0.4 is 0 Å². The molecule has 0 rings (SSSR count). The van der Waals surface area contributed by atoms with Crippen LogP contribution in [0.25, 0.3) is 0 Å². The summed E-state index contributed by atoms with van der Waals surface area (Å²) >= 11 is 0. The van der Waals surface area contributed by atoms with Gasteiger partial charge in [-0.05, 0) is 89.9 Å². The van der Waals surface area contributed by atoms with Crippen LogP contribution >= 0.6 is 0 Å². The van der Waals surface area contributed by atoms with Crippen LogP contribution in [0.1, 0.15) is 220 Å². The molecule has 0 spiro atoms. The van der Waals surface area contributed by atoms with Crippen molar-refractivity contribution in [3.63, 3.8) is 0 Å². The normalized spacial score (nSPS) is 12.8. The Kier molecular flexibility index (Phi) is 45.5. The minimum atomic E-state index is -0.824. The predicted molar refractivity (Wildman–Crippen MR) is 256 cm³/mol. The largest absolute Gasteiger partial charge is 0.462 e. The van der Waals surface area contributed by atoms with Crippen molar-refractivity contribution in [2.75, 3.05) is 13.2 Å². The van der Waals surface area contributed by atoms with Crippen LogP contribution in [-0.4, -0.2) is 37.2 Å². The summed E-state index contributed by atoms with van der Waals surface area (Å²) in [5.41, 5.74) is 0. The first-order valence-electron chi connectivity index (χ1n) is 24.6. The average Bonchev–Trinajstić information content (AvgIpc) is 3.24. The van der Waals surface area contributed by atoms with E-state index in [0.717, 1.165) is 89.9 Å². The number of esters is 3. The summed E-state index contributed by atoms with van der Waals surface area (Å²) in [6, 6.07) is 0. The molecule has 6 heteroatoms. The third-order valence-corrected chi connectivity index (χ3v) is 10.1. The lowest BCUT2D eigenvalue weighted by atomic mass is 10.1. The maximum atomic E-state index is 12.7.